The van der Waals surface area contributed by atoms with E-state index in [2.05, 4.69) is 22.3 Å². The molecule has 1 aromatic carbocycles. The number of ether oxygens (including phenoxy) is 1. The van der Waals surface area contributed by atoms with Crippen LogP contribution in [0.15, 0.2) is 30.3 Å². The number of carbonyl (C=O) groups is 1. The summed E-state index contributed by atoms with van der Waals surface area (Å²) in [5, 5.41) is 3.06. The van der Waals surface area contributed by atoms with Crippen molar-refractivity contribution >= 4 is 5.91 Å². The first-order valence-electron chi connectivity index (χ1n) is 9.46. The molecule has 1 aromatic rings. The Labute approximate surface area is 145 Å². The number of benzene rings is 1. The van der Waals surface area contributed by atoms with E-state index in [1.165, 1.54) is 37.8 Å². The molecule has 0 spiro atoms. The number of nitrogens with zero attached hydrogens (tertiary/aromatic N) is 1. The van der Waals surface area contributed by atoms with Gasteiger partial charge in [-0.3, -0.25) is 9.69 Å². The highest BCUT2D eigenvalue weighted by Gasteiger charge is 2.30. The van der Waals surface area contributed by atoms with E-state index < -0.39 is 0 Å². The SMILES string of the molecule is O=C(NCCOCc1ccccc1)[C@@H]1CCCN(C2CCCC2)C1. The van der Waals surface area contributed by atoms with Crippen LogP contribution < -0.4 is 5.32 Å². The molecule has 0 aromatic heterocycles. The minimum atomic E-state index is 0.161. The van der Waals surface area contributed by atoms with Gasteiger partial charge in [0.2, 0.25) is 5.91 Å². The Balaban J connectivity index is 1.32. The quantitative estimate of drug-likeness (QED) is 0.782. The highest BCUT2D eigenvalue weighted by atomic mass is 16.5. The maximum absolute atomic E-state index is 12.4. The Morgan fingerprint density at radius 2 is 1.92 bits per heavy atom. The van der Waals surface area contributed by atoms with Crippen molar-refractivity contribution in [2.24, 2.45) is 5.92 Å². The fourth-order valence-corrected chi connectivity index (χ4v) is 3.98. The zero-order valence-corrected chi connectivity index (χ0v) is 14.6. The third-order valence-corrected chi connectivity index (χ3v) is 5.32. The third-order valence-electron chi connectivity index (χ3n) is 5.32. The lowest BCUT2D eigenvalue weighted by molar-refractivity contribution is -0.127. The van der Waals surface area contributed by atoms with Crippen LogP contribution in [0.25, 0.3) is 0 Å². The number of rotatable bonds is 7. The molecule has 0 bridgehead atoms. The van der Waals surface area contributed by atoms with Crippen molar-refractivity contribution in [1.82, 2.24) is 10.2 Å². The fraction of sp³-hybridized carbons (Fsp3) is 0.650. The van der Waals surface area contributed by atoms with E-state index >= 15 is 0 Å². The van der Waals surface area contributed by atoms with Gasteiger partial charge in [0.25, 0.3) is 0 Å². The summed E-state index contributed by atoms with van der Waals surface area (Å²) >= 11 is 0. The fourth-order valence-electron chi connectivity index (χ4n) is 3.98. The highest BCUT2D eigenvalue weighted by Crippen LogP contribution is 2.27. The molecule has 1 saturated carbocycles. The molecule has 1 N–H and O–H groups in total. The molecular weight excluding hydrogens is 300 g/mol. The second-order valence-corrected chi connectivity index (χ2v) is 7.10. The van der Waals surface area contributed by atoms with Crippen LogP contribution in [-0.4, -0.2) is 43.1 Å². The first-order chi connectivity index (χ1) is 11.8. The standard InChI is InChI=1S/C20H30N2O2/c23-20(21-12-14-24-16-17-7-2-1-3-8-17)18-9-6-13-22(15-18)19-10-4-5-11-19/h1-3,7-8,18-19H,4-6,9-16H2,(H,21,23)/t18-/m1/s1. The molecular formula is C20H30N2O2. The average Bonchev–Trinajstić information content (AvgIpc) is 3.17. The molecule has 1 atom stereocenters. The van der Waals surface area contributed by atoms with E-state index in [1.807, 2.05) is 18.2 Å². The van der Waals surface area contributed by atoms with Gasteiger partial charge in [0, 0.05) is 19.1 Å². The molecule has 3 rings (SSSR count). The largest absolute Gasteiger partial charge is 0.375 e. The molecule has 0 unspecified atom stereocenters. The van der Waals surface area contributed by atoms with Gasteiger partial charge >= 0.3 is 0 Å². The maximum Gasteiger partial charge on any atom is 0.224 e. The minimum absolute atomic E-state index is 0.161. The van der Waals surface area contributed by atoms with Gasteiger partial charge in [-0.05, 0) is 37.8 Å². The van der Waals surface area contributed by atoms with Crippen molar-refractivity contribution in [1.29, 1.82) is 0 Å². The molecule has 1 saturated heterocycles. The Kier molecular flexibility index (Phi) is 6.67. The predicted octanol–water partition coefficient (Wildman–Crippen LogP) is 2.97. The van der Waals surface area contributed by atoms with Gasteiger partial charge in [0.15, 0.2) is 0 Å². The van der Waals surface area contributed by atoms with E-state index in [4.69, 9.17) is 4.74 Å². The van der Waals surface area contributed by atoms with Crippen LogP contribution in [0.3, 0.4) is 0 Å². The molecule has 24 heavy (non-hydrogen) atoms. The van der Waals surface area contributed by atoms with Crippen LogP contribution in [-0.2, 0) is 16.1 Å². The average molecular weight is 330 g/mol. The smallest absolute Gasteiger partial charge is 0.224 e. The van der Waals surface area contributed by atoms with Gasteiger partial charge in [-0.2, -0.15) is 0 Å². The number of nitrogens with one attached hydrogen (secondary N) is 1. The summed E-state index contributed by atoms with van der Waals surface area (Å²) < 4.78 is 5.63. The normalized spacial score (nSPS) is 22.6. The molecule has 2 fully saturated rings. The van der Waals surface area contributed by atoms with Crippen LogP contribution in [0.4, 0.5) is 0 Å². The topological polar surface area (TPSA) is 41.6 Å². The predicted molar refractivity (Wildman–Crippen MR) is 95.7 cm³/mol. The summed E-state index contributed by atoms with van der Waals surface area (Å²) in [5.74, 6) is 0.370. The molecule has 132 valence electrons. The van der Waals surface area contributed by atoms with Crippen molar-refractivity contribution < 1.29 is 9.53 Å². The van der Waals surface area contributed by atoms with Crippen LogP contribution in [0.5, 0.6) is 0 Å². The van der Waals surface area contributed by atoms with Gasteiger partial charge in [0.1, 0.15) is 0 Å². The molecule has 2 aliphatic rings. The van der Waals surface area contributed by atoms with Gasteiger partial charge in [-0.15, -0.1) is 0 Å². The van der Waals surface area contributed by atoms with Crippen molar-refractivity contribution in [2.45, 2.75) is 51.2 Å². The molecule has 1 aliphatic carbocycles. The summed E-state index contributed by atoms with van der Waals surface area (Å²) in [7, 11) is 0. The number of amides is 1. The van der Waals surface area contributed by atoms with Crippen LogP contribution in [0.2, 0.25) is 0 Å². The lowest BCUT2D eigenvalue weighted by Crippen LogP contribution is -2.46. The zero-order valence-electron chi connectivity index (χ0n) is 14.6. The molecule has 4 heteroatoms. The van der Waals surface area contributed by atoms with E-state index in [-0.39, 0.29) is 11.8 Å². The highest BCUT2D eigenvalue weighted by molar-refractivity contribution is 5.78. The van der Waals surface area contributed by atoms with Crippen molar-refractivity contribution in [3.8, 4) is 0 Å². The zero-order chi connectivity index (χ0) is 16.6. The Bertz CT molecular complexity index is 500. The van der Waals surface area contributed by atoms with Gasteiger partial charge in [-0.25, -0.2) is 0 Å². The van der Waals surface area contributed by atoms with Gasteiger partial charge < -0.3 is 10.1 Å². The van der Waals surface area contributed by atoms with E-state index in [0.717, 1.165) is 25.4 Å². The summed E-state index contributed by atoms with van der Waals surface area (Å²) in [6.45, 7) is 3.90. The van der Waals surface area contributed by atoms with E-state index in [0.29, 0.717) is 19.8 Å². The molecule has 4 nitrogen and oxygen atoms in total. The molecule has 1 amide bonds. The van der Waals surface area contributed by atoms with Crippen molar-refractivity contribution in [3.63, 3.8) is 0 Å². The van der Waals surface area contributed by atoms with Crippen LogP contribution in [0.1, 0.15) is 44.1 Å². The monoisotopic (exact) mass is 330 g/mol. The number of carbonyl (C=O) groups excluding carboxylic acids is 1. The number of hydrogen-bond donors (Lipinski definition) is 1. The molecule has 0 radical (unpaired) electrons. The second-order valence-electron chi connectivity index (χ2n) is 7.10. The van der Waals surface area contributed by atoms with Crippen molar-refractivity contribution in [2.75, 3.05) is 26.2 Å². The minimum Gasteiger partial charge on any atom is -0.375 e. The third kappa shape index (κ3) is 5.05. The Morgan fingerprint density at radius 3 is 2.71 bits per heavy atom. The second kappa shape index (κ2) is 9.19. The number of likely N-dealkylation sites (tertiary alicyclic amines) is 1. The summed E-state index contributed by atoms with van der Waals surface area (Å²) in [6.07, 6.45) is 7.54. The van der Waals surface area contributed by atoms with Crippen LogP contribution in [0, 0.1) is 5.92 Å². The van der Waals surface area contributed by atoms with Gasteiger partial charge in [0.05, 0.1) is 19.1 Å². The summed E-state index contributed by atoms with van der Waals surface area (Å²) in [6, 6.07) is 10.9. The van der Waals surface area contributed by atoms with E-state index in [1.54, 1.807) is 0 Å². The van der Waals surface area contributed by atoms with Gasteiger partial charge in [-0.1, -0.05) is 43.2 Å². The number of piperidine rings is 1. The Morgan fingerprint density at radius 1 is 1.12 bits per heavy atom. The van der Waals surface area contributed by atoms with E-state index in [9.17, 15) is 4.79 Å². The first kappa shape index (κ1) is 17.4. The summed E-state index contributed by atoms with van der Waals surface area (Å²) in [5.41, 5.74) is 1.17. The maximum atomic E-state index is 12.4. The summed E-state index contributed by atoms with van der Waals surface area (Å²) in [4.78, 5) is 15.0. The lowest BCUT2D eigenvalue weighted by atomic mass is 9.95. The molecule has 1 heterocycles. The first-order valence-corrected chi connectivity index (χ1v) is 9.46. The number of hydrogen-bond acceptors (Lipinski definition) is 3. The van der Waals surface area contributed by atoms with Crippen molar-refractivity contribution in [3.05, 3.63) is 35.9 Å². The van der Waals surface area contributed by atoms with Crippen LogP contribution >= 0.6 is 0 Å². The lowest BCUT2D eigenvalue weighted by Gasteiger charge is -2.36. The molecule has 1 aliphatic heterocycles. The Hall–Kier alpha value is -1.39.